The van der Waals surface area contributed by atoms with Crippen LogP contribution in [0.25, 0.3) is 32.8 Å². The number of carbonyl (C=O) groups is 6. The van der Waals surface area contributed by atoms with Gasteiger partial charge in [0.15, 0.2) is 0 Å². The van der Waals surface area contributed by atoms with E-state index in [2.05, 4.69) is 9.97 Å². The van der Waals surface area contributed by atoms with E-state index in [1.54, 1.807) is 24.5 Å². The summed E-state index contributed by atoms with van der Waals surface area (Å²) in [5, 5.41) is 12.6. The summed E-state index contributed by atoms with van der Waals surface area (Å²) in [6.45, 7) is 5.72. The Hall–Kier alpha value is -6.25. The quantitative estimate of drug-likeness (QED) is 0.150. The third kappa shape index (κ3) is 8.85. The number of carboxylic acids is 1. The maximum Gasteiger partial charge on any atom is 0.417 e. The van der Waals surface area contributed by atoms with E-state index < -0.39 is 72.3 Å². The number of pyridine rings is 1. The Morgan fingerprint density at radius 1 is 0.870 bits per heavy atom. The number of nitrogens with zero attached hydrogens (tertiary/aromatic N) is 3. The van der Waals surface area contributed by atoms with Gasteiger partial charge in [0.25, 0.3) is 11.8 Å². The zero-order valence-corrected chi connectivity index (χ0v) is 30.3. The normalized spacial score (nSPS) is 13.1. The van der Waals surface area contributed by atoms with Gasteiger partial charge >= 0.3 is 12.1 Å². The highest BCUT2D eigenvalue weighted by atomic mass is 16.6. The third-order valence-electron chi connectivity index (χ3n) is 8.62. The number of imide groups is 4. The van der Waals surface area contributed by atoms with Crippen molar-refractivity contribution >= 4 is 57.4 Å². The number of para-hydroxylation sites is 1. The molecule has 0 saturated heterocycles. The lowest BCUT2D eigenvalue weighted by Gasteiger charge is -2.34. The summed E-state index contributed by atoms with van der Waals surface area (Å²) in [5.41, 5.74) is 14.1. The largest absolute Gasteiger partial charge is 0.481 e. The van der Waals surface area contributed by atoms with Crippen molar-refractivity contribution in [3.8, 4) is 11.1 Å². The second-order valence-corrected chi connectivity index (χ2v) is 13.9. The maximum absolute atomic E-state index is 14.6. The molecule has 0 bridgehead atoms. The zero-order valence-electron chi connectivity index (χ0n) is 30.3. The van der Waals surface area contributed by atoms with Crippen LogP contribution in [-0.4, -0.2) is 84.3 Å². The molecule has 0 spiro atoms. The van der Waals surface area contributed by atoms with Crippen LogP contribution in [0.4, 0.5) is 4.79 Å². The molecule has 54 heavy (non-hydrogen) atoms. The number of carbonyl (C=O) groups excluding carboxylic acids is 5. The Labute approximate surface area is 311 Å². The first kappa shape index (κ1) is 39.0. The van der Waals surface area contributed by atoms with E-state index in [1.165, 1.54) is 33.9 Å². The molecule has 14 heteroatoms. The van der Waals surface area contributed by atoms with Crippen LogP contribution < -0.4 is 11.5 Å². The Morgan fingerprint density at radius 2 is 1.56 bits per heavy atom. The molecule has 280 valence electrons. The lowest BCUT2D eigenvalue weighted by Crippen LogP contribution is -2.61. The van der Waals surface area contributed by atoms with Gasteiger partial charge < -0.3 is 26.3 Å². The molecule has 2 aromatic heterocycles. The molecule has 0 radical (unpaired) electrons. The Kier molecular flexibility index (Phi) is 11.7. The van der Waals surface area contributed by atoms with Gasteiger partial charge in [-0.3, -0.25) is 29.0 Å². The van der Waals surface area contributed by atoms with Gasteiger partial charge in [-0.15, -0.1) is 0 Å². The van der Waals surface area contributed by atoms with Crippen LogP contribution in [0.15, 0.2) is 91.4 Å². The fraction of sp³-hybridized carbons (Fsp3) is 0.275. The van der Waals surface area contributed by atoms with Crippen molar-refractivity contribution in [2.45, 2.75) is 70.7 Å². The first-order chi connectivity index (χ1) is 25.6. The number of aliphatic carboxylic acids is 1. The zero-order chi connectivity index (χ0) is 39.3. The number of benzene rings is 3. The van der Waals surface area contributed by atoms with Crippen LogP contribution in [0.3, 0.4) is 0 Å². The summed E-state index contributed by atoms with van der Waals surface area (Å²) < 4.78 is 5.38. The fourth-order valence-electron chi connectivity index (χ4n) is 6.09. The molecule has 6 N–H and O–H groups in total. The number of hydrogen-bond donors (Lipinski definition) is 4. The summed E-state index contributed by atoms with van der Waals surface area (Å²) in [4.78, 5) is 90.4. The highest BCUT2D eigenvalue weighted by molar-refractivity contribution is 6.16. The highest BCUT2D eigenvalue weighted by Gasteiger charge is 2.45. The van der Waals surface area contributed by atoms with Gasteiger partial charge in [-0.05, 0) is 79.8 Å². The van der Waals surface area contributed by atoms with Gasteiger partial charge in [-0.25, -0.2) is 14.6 Å². The number of amides is 5. The summed E-state index contributed by atoms with van der Waals surface area (Å²) in [5.74, 6) is -6.51. The van der Waals surface area contributed by atoms with Crippen LogP contribution in [-0.2, 0) is 41.6 Å². The van der Waals surface area contributed by atoms with Crippen LogP contribution in [0, 0.1) is 0 Å². The van der Waals surface area contributed by atoms with E-state index in [1.807, 2.05) is 60.7 Å². The molecule has 5 rings (SSSR count). The van der Waals surface area contributed by atoms with E-state index in [4.69, 9.17) is 16.2 Å². The van der Waals surface area contributed by atoms with E-state index in [0.717, 1.165) is 21.7 Å². The van der Waals surface area contributed by atoms with Gasteiger partial charge in [0, 0.05) is 35.1 Å². The molecule has 0 saturated carbocycles. The van der Waals surface area contributed by atoms with Crippen molar-refractivity contribution in [3.05, 3.63) is 103 Å². The molecule has 3 aromatic carbocycles. The molecule has 2 heterocycles. The minimum absolute atomic E-state index is 0.129. The maximum atomic E-state index is 14.6. The topological polar surface area (TPSA) is 219 Å². The number of H-pyrrole nitrogens is 1. The number of ether oxygens (including phenoxy) is 1. The van der Waals surface area contributed by atoms with Gasteiger partial charge in [-0.2, -0.15) is 0 Å². The van der Waals surface area contributed by atoms with Crippen molar-refractivity contribution in [1.29, 1.82) is 0 Å². The van der Waals surface area contributed by atoms with E-state index >= 15 is 0 Å². The first-order valence-corrected chi connectivity index (χ1v) is 17.2. The number of carboxylic acid groups (broad SMARTS) is 1. The number of nitrogens with one attached hydrogen (secondary N) is 1. The van der Waals surface area contributed by atoms with Crippen LogP contribution >= 0.6 is 0 Å². The highest BCUT2D eigenvalue weighted by Crippen LogP contribution is 2.28. The van der Waals surface area contributed by atoms with Crippen molar-refractivity contribution in [2.24, 2.45) is 11.5 Å². The summed E-state index contributed by atoms with van der Waals surface area (Å²) in [6, 6.07) is 17.0. The Morgan fingerprint density at radius 3 is 2.24 bits per heavy atom. The van der Waals surface area contributed by atoms with Crippen LogP contribution in [0.5, 0.6) is 0 Å². The lowest BCUT2D eigenvalue weighted by molar-refractivity contribution is -0.161. The Bertz CT molecular complexity index is 2240. The Balaban J connectivity index is 1.58. The smallest absolute Gasteiger partial charge is 0.417 e. The van der Waals surface area contributed by atoms with Gasteiger partial charge in [0.05, 0.1) is 24.9 Å². The van der Waals surface area contributed by atoms with Crippen LogP contribution in [0.2, 0.25) is 0 Å². The van der Waals surface area contributed by atoms with Gasteiger partial charge in [0.2, 0.25) is 11.8 Å². The molecule has 5 aromatic rings. The van der Waals surface area contributed by atoms with E-state index in [0.29, 0.717) is 22.3 Å². The second-order valence-electron chi connectivity index (χ2n) is 13.9. The van der Waals surface area contributed by atoms with Crippen molar-refractivity contribution in [2.75, 3.05) is 0 Å². The fourth-order valence-corrected chi connectivity index (χ4v) is 6.09. The summed E-state index contributed by atoms with van der Waals surface area (Å²) in [6.07, 6.45) is 1.40. The number of nitrogens with two attached hydrogens (primary N) is 2. The van der Waals surface area contributed by atoms with Crippen molar-refractivity contribution in [3.63, 3.8) is 0 Å². The number of fused-ring (bicyclic) bond motifs is 2. The minimum atomic E-state index is -2.22. The lowest BCUT2D eigenvalue weighted by atomic mass is 9.96. The number of rotatable bonds is 11. The number of hydrogen-bond acceptors (Lipinski definition) is 10. The standard InChI is InChI=1S/C40H42N6O8/c1-23(41)36(50)45(39(53)54-40(2,3)4)33(20-35(48)49)38(52)46(37(51)31(42)18-28-21-44-32-12-8-7-11-29(28)32)34(47)19-27-15-16-43-22-30(27)26-14-13-24-9-5-6-10-25(24)17-26/h5-17,21-23,31,33,44H,18-20,41-42H2,1-4H3,(H,48,49)/t23-,31-,33-/m0/s1. The molecular weight excluding hydrogens is 692 g/mol. The van der Waals surface area contributed by atoms with Crippen molar-refractivity contribution < 1.29 is 38.6 Å². The molecule has 0 aliphatic rings. The molecule has 3 atom stereocenters. The predicted molar refractivity (Wildman–Crippen MR) is 200 cm³/mol. The van der Waals surface area contributed by atoms with Gasteiger partial charge in [0.1, 0.15) is 11.6 Å². The molecule has 0 fully saturated rings. The monoisotopic (exact) mass is 734 g/mol. The molecule has 0 aliphatic heterocycles. The van der Waals surface area contributed by atoms with E-state index in [9.17, 15) is 33.9 Å². The molecule has 0 unspecified atom stereocenters. The number of aromatic amines is 1. The second kappa shape index (κ2) is 16.2. The summed E-state index contributed by atoms with van der Waals surface area (Å²) >= 11 is 0. The molecule has 5 amide bonds. The molecule has 14 nitrogen and oxygen atoms in total. The van der Waals surface area contributed by atoms with Gasteiger partial charge in [-0.1, -0.05) is 54.6 Å². The minimum Gasteiger partial charge on any atom is -0.481 e. The predicted octanol–water partition coefficient (Wildman–Crippen LogP) is 4.33. The molecule has 0 aliphatic carbocycles. The average Bonchev–Trinajstić information content (AvgIpc) is 3.52. The van der Waals surface area contributed by atoms with Crippen molar-refractivity contribution in [1.82, 2.24) is 19.8 Å². The number of aromatic nitrogens is 2. The first-order valence-electron chi connectivity index (χ1n) is 17.2. The summed E-state index contributed by atoms with van der Waals surface area (Å²) in [7, 11) is 0. The SMILES string of the molecule is C[C@H](N)C(=O)N(C(=O)OC(C)(C)C)[C@@H](CC(=O)O)C(=O)N(C(=O)Cc1ccncc1-c1ccc2ccccc2c1)C(=O)[C@@H](N)Cc1c[nH]c2ccccc12. The average molecular weight is 735 g/mol. The van der Waals surface area contributed by atoms with Crippen LogP contribution in [0.1, 0.15) is 45.2 Å². The van der Waals surface area contributed by atoms with E-state index in [-0.39, 0.29) is 16.2 Å². The molecular formula is C40H42N6O8. The third-order valence-corrected chi connectivity index (χ3v) is 8.62.